The number of nitrogen functional groups attached to an aromatic ring is 1. The van der Waals surface area contributed by atoms with E-state index in [-0.39, 0.29) is 11.6 Å². The molecule has 0 saturated carbocycles. The summed E-state index contributed by atoms with van der Waals surface area (Å²) in [6, 6.07) is 3.87. The van der Waals surface area contributed by atoms with E-state index in [1.54, 1.807) is 6.20 Å². The summed E-state index contributed by atoms with van der Waals surface area (Å²) in [7, 11) is 0. The molecule has 0 spiro atoms. The smallest absolute Gasteiger partial charge is 0.0726 e. The fraction of sp³-hybridized carbons (Fsp3) is 0.615. The van der Waals surface area contributed by atoms with E-state index in [0.29, 0.717) is 5.69 Å². The minimum Gasteiger partial charge on any atom is -0.397 e. The lowest BCUT2D eigenvalue weighted by Crippen LogP contribution is -2.48. The van der Waals surface area contributed by atoms with Gasteiger partial charge in [-0.1, -0.05) is 0 Å². The molecule has 1 aromatic heterocycles. The van der Waals surface area contributed by atoms with Crippen LogP contribution in [0, 0.1) is 0 Å². The molecule has 2 atom stereocenters. The van der Waals surface area contributed by atoms with Crippen LogP contribution in [0.4, 0.5) is 5.69 Å². The quantitative estimate of drug-likeness (QED) is 0.827. The Morgan fingerprint density at radius 2 is 2.41 bits per heavy atom. The van der Waals surface area contributed by atoms with Crippen LogP contribution in [-0.2, 0) is 11.2 Å². The molecule has 17 heavy (non-hydrogen) atoms. The molecule has 2 rings (SSSR count). The third-order valence-corrected chi connectivity index (χ3v) is 3.64. The second-order valence-corrected chi connectivity index (χ2v) is 4.94. The summed E-state index contributed by atoms with van der Waals surface area (Å²) < 4.78 is 5.59. The number of hydrogen-bond donors (Lipinski definition) is 2. The summed E-state index contributed by atoms with van der Waals surface area (Å²) >= 11 is 0. The summed E-state index contributed by atoms with van der Waals surface area (Å²) in [5.41, 5.74) is 7.49. The Labute approximate surface area is 103 Å². The minimum absolute atomic E-state index is 0.105. The van der Waals surface area contributed by atoms with Crippen molar-refractivity contribution in [3.63, 3.8) is 0 Å². The maximum Gasteiger partial charge on any atom is 0.0726 e. The second kappa shape index (κ2) is 5.02. The van der Waals surface area contributed by atoms with Crippen LogP contribution in [-0.4, -0.2) is 29.8 Å². The fourth-order valence-corrected chi connectivity index (χ4v) is 2.13. The molecule has 1 aliphatic heterocycles. The predicted molar refractivity (Wildman–Crippen MR) is 68.8 cm³/mol. The van der Waals surface area contributed by atoms with E-state index < -0.39 is 0 Å². The van der Waals surface area contributed by atoms with E-state index in [1.165, 1.54) is 0 Å². The Bertz CT molecular complexity index is 365. The fourth-order valence-electron chi connectivity index (χ4n) is 2.13. The first kappa shape index (κ1) is 12.3. The molecule has 4 heteroatoms. The standard InChI is InChI=1S/C13H21N3O/c1-10-13(2,6-8-17-10)16-7-5-12-4-3-11(14)9-15-12/h3-4,9-10,16H,5-8,14H2,1-2H3. The van der Waals surface area contributed by atoms with Gasteiger partial charge in [-0.15, -0.1) is 0 Å². The van der Waals surface area contributed by atoms with E-state index in [9.17, 15) is 0 Å². The Morgan fingerprint density at radius 3 is 3.00 bits per heavy atom. The van der Waals surface area contributed by atoms with Gasteiger partial charge in [-0.25, -0.2) is 0 Å². The van der Waals surface area contributed by atoms with Crippen LogP contribution >= 0.6 is 0 Å². The second-order valence-electron chi connectivity index (χ2n) is 4.94. The zero-order chi connectivity index (χ0) is 12.3. The van der Waals surface area contributed by atoms with Crippen molar-refractivity contribution in [3.05, 3.63) is 24.0 Å². The number of pyridine rings is 1. The number of aromatic nitrogens is 1. The molecule has 2 unspecified atom stereocenters. The summed E-state index contributed by atoms with van der Waals surface area (Å²) in [5.74, 6) is 0. The molecule has 0 aromatic carbocycles. The number of hydrogen-bond acceptors (Lipinski definition) is 4. The van der Waals surface area contributed by atoms with Crippen molar-refractivity contribution in [3.8, 4) is 0 Å². The lowest BCUT2D eigenvalue weighted by molar-refractivity contribution is 0.0889. The molecule has 4 nitrogen and oxygen atoms in total. The van der Waals surface area contributed by atoms with E-state index in [4.69, 9.17) is 10.5 Å². The molecule has 1 aromatic rings. The van der Waals surface area contributed by atoms with Crippen molar-refractivity contribution in [1.82, 2.24) is 10.3 Å². The largest absolute Gasteiger partial charge is 0.397 e. The van der Waals surface area contributed by atoms with Gasteiger partial charge in [0.25, 0.3) is 0 Å². The topological polar surface area (TPSA) is 60.2 Å². The van der Waals surface area contributed by atoms with Gasteiger partial charge in [0.05, 0.1) is 18.0 Å². The average Bonchev–Trinajstić information content (AvgIpc) is 2.63. The highest BCUT2D eigenvalue weighted by Gasteiger charge is 2.36. The molecule has 1 saturated heterocycles. The van der Waals surface area contributed by atoms with Gasteiger partial charge in [-0.2, -0.15) is 0 Å². The number of anilines is 1. The van der Waals surface area contributed by atoms with E-state index >= 15 is 0 Å². The third-order valence-electron chi connectivity index (χ3n) is 3.64. The van der Waals surface area contributed by atoms with Gasteiger partial charge in [-0.3, -0.25) is 4.98 Å². The Hall–Kier alpha value is -1.13. The zero-order valence-electron chi connectivity index (χ0n) is 10.6. The van der Waals surface area contributed by atoms with Crippen molar-refractivity contribution in [2.75, 3.05) is 18.9 Å². The Kier molecular flexibility index (Phi) is 3.64. The first-order chi connectivity index (χ1) is 8.10. The summed E-state index contributed by atoms with van der Waals surface area (Å²) in [6.07, 6.45) is 3.98. The van der Waals surface area contributed by atoms with Crippen LogP contribution in [0.2, 0.25) is 0 Å². The van der Waals surface area contributed by atoms with Crippen LogP contribution in [0.5, 0.6) is 0 Å². The lowest BCUT2D eigenvalue weighted by atomic mass is 9.94. The van der Waals surface area contributed by atoms with Crippen LogP contribution < -0.4 is 11.1 Å². The Balaban J connectivity index is 1.81. The van der Waals surface area contributed by atoms with Crippen LogP contribution in [0.15, 0.2) is 18.3 Å². The van der Waals surface area contributed by atoms with Gasteiger partial charge < -0.3 is 15.8 Å². The summed E-state index contributed by atoms with van der Waals surface area (Å²) in [4.78, 5) is 4.29. The Morgan fingerprint density at radius 1 is 1.59 bits per heavy atom. The van der Waals surface area contributed by atoms with Crippen LogP contribution in [0.3, 0.4) is 0 Å². The SMILES string of the molecule is CC1OCCC1(C)NCCc1ccc(N)cn1. The molecule has 0 radical (unpaired) electrons. The van der Waals surface area contributed by atoms with Gasteiger partial charge in [0.2, 0.25) is 0 Å². The molecule has 3 N–H and O–H groups in total. The number of nitrogens with zero attached hydrogens (tertiary/aromatic N) is 1. The number of nitrogens with two attached hydrogens (primary N) is 1. The predicted octanol–water partition coefficient (Wildman–Crippen LogP) is 1.36. The van der Waals surface area contributed by atoms with Gasteiger partial charge in [0.1, 0.15) is 0 Å². The monoisotopic (exact) mass is 235 g/mol. The van der Waals surface area contributed by atoms with Crippen molar-refractivity contribution < 1.29 is 4.74 Å². The van der Waals surface area contributed by atoms with Crippen LogP contribution in [0.1, 0.15) is 26.0 Å². The normalized spacial score (nSPS) is 28.5. The maximum atomic E-state index is 5.60. The molecule has 94 valence electrons. The number of ether oxygens (including phenoxy) is 1. The highest BCUT2D eigenvalue weighted by molar-refractivity contribution is 5.34. The van der Waals surface area contributed by atoms with Gasteiger partial charge in [0.15, 0.2) is 0 Å². The molecule has 2 heterocycles. The lowest BCUT2D eigenvalue weighted by Gasteiger charge is -2.29. The van der Waals surface area contributed by atoms with Crippen molar-refractivity contribution >= 4 is 5.69 Å². The van der Waals surface area contributed by atoms with Gasteiger partial charge in [0, 0.05) is 30.8 Å². The van der Waals surface area contributed by atoms with Crippen molar-refractivity contribution in [1.29, 1.82) is 0 Å². The maximum absolute atomic E-state index is 5.60. The summed E-state index contributed by atoms with van der Waals surface area (Å²) in [5, 5.41) is 3.57. The van der Waals surface area contributed by atoms with E-state index in [1.807, 2.05) is 12.1 Å². The molecule has 1 aliphatic rings. The summed E-state index contributed by atoms with van der Waals surface area (Å²) in [6.45, 7) is 6.12. The number of nitrogens with one attached hydrogen (secondary N) is 1. The number of rotatable bonds is 4. The molecular weight excluding hydrogens is 214 g/mol. The first-order valence-corrected chi connectivity index (χ1v) is 6.17. The molecule has 1 fully saturated rings. The minimum atomic E-state index is 0.105. The van der Waals surface area contributed by atoms with Crippen molar-refractivity contribution in [2.45, 2.75) is 38.3 Å². The van der Waals surface area contributed by atoms with Crippen molar-refractivity contribution in [2.24, 2.45) is 0 Å². The molecule has 0 bridgehead atoms. The molecule has 0 amide bonds. The third kappa shape index (κ3) is 2.96. The first-order valence-electron chi connectivity index (χ1n) is 6.17. The zero-order valence-corrected chi connectivity index (χ0v) is 10.6. The van der Waals surface area contributed by atoms with E-state index in [2.05, 4.69) is 24.1 Å². The highest BCUT2D eigenvalue weighted by Crippen LogP contribution is 2.24. The highest BCUT2D eigenvalue weighted by atomic mass is 16.5. The van der Waals surface area contributed by atoms with Gasteiger partial charge >= 0.3 is 0 Å². The molecular formula is C13H21N3O. The van der Waals surface area contributed by atoms with Gasteiger partial charge in [-0.05, 0) is 32.4 Å². The van der Waals surface area contributed by atoms with E-state index in [0.717, 1.165) is 31.7 Å². The molecule has 0 aliphatic carbocycles. The average molecular weight is 235 g/mol. The van der Waals surface area contributed by atoms with Crippen LogP contribution in [0.25, 0.3) is 0 Å².